The third-order valence-electron chi connectivity index (χ3n) is 4.21. The van der Waals surface area contributed by atoms with E-state index in [2.05, 4.69) is 20.6 Å². The summed E-state index contributed by atoms with van der Waals surface area (Å²) < 4.78 is 25.1. The van der Waals surface area contributed by atoms with Crippen molar-refractivity contribution in [3.8, 4) is 6.07 Å². The van der Waals surface area contributed by atoms with Crippen LogP contribution < -0.4 is 4.72 Å². The molecule has 1 aromatic rings. The molecule has 7 heteroatoms. The zero-order valence-corrected chi connectivity index (χ0v) is 14.3. The predicted molar refractivity (Wildman–Crippen MR) is 90.3 cm³/mol. The first-order valence-electron chi connectivity index (χ1n) is 7.88. The maximum Gasteiger partial charge on any atom is 0.211 e. The van der Waals surface area contributed by atoms with Gasteiger partial charge in [-0.2, -0.15) is 5.26 Å². The number of nitriles is 1. The van der Waals surface area contributed by atoms with Crippen molar-refractivity contribution in [2.45, 2.75) is 12.5 Å². The third kappa shape index (κ3) is 5.29. The lowest BCUT2D eigenvalue weighted by Crippen LogP contribution is -2.47. The fraction of sp³-hybridized carbons (Fsp3) is 0.562. The number of hydrogen-bond donors (Lipinski definition) is 1. The van der Waals surface area contributed by atoms with Crippen molar-refractivity contribution in [3.05, 3.63) is 35.9 Å². The summed E-state index contributed by atoms with van der Waals surface area (Å²) in [6.07, 6.45) is 0.629. The Hall–Kier alpha value is -1.46. The van der Waals surface area contributed by atoms with E-state index < -0.39 is 10.0 Å². The van der Waals surface area contributed by atoms with E-state index in [0.717, 1.165) is 38.3 Å². The molecule has 0 saturated carbocycles. The molecular formula is C16H24N4O2S. The summed E-state index contributed by atoms with van der Waals surface area (Å²) in [4.78, 5) is 4.46. The van der Waals surface area contributed by atoms with E-state index in [9.17, 15) is 13.7 Å². The Bertz CT molecular complexity index is 619. The molecule has 23 heavy (non-hydrogen) atoms. The van der Waals surface area contributed by atoms with Gasteiger partial charge in [-0.25, -0.2) is 13.1 Å². The van der Waals surface area contributed by atoms with Crippen molar-refractivity contribution in [2.24, 2.45) is 0 Å². The first-order chi connectivity index (χ1) is 11.1. The summed E-state index contributed by atoms with van der Waals surface area (Å²) in [6, 6.07) is 12.0. The normalized spacial score (nSPS) is 18.4. The van der Waals surface area contributed by atoms with Crippen LogP contribution in [0.4, 0.5) is 0 Å². The molecule has 1 atom stereocenters. The van der Waals surface area contributed by atoms with Crippen molar-refractivity contribution in [1.82, 2.24) is 14.5 Å². The van der Waals surface area contributed by atoms with E-state index in [1.807, 2.05) is 30.3 Å². The van der Waals surface area contributed by atoms with Gasteiger partial charge < -0.3 is 4.90 Å². The van der Waals surface area contributed by atoms with Crippen molar-refractivity contribution >= 4 is 10.0 Å². The quantitative estimate of drug-likeness (QED) is 0.797. The van der Waals surface area contributed by atoms with E-state index in [4.69, 9.17) is 0 Å². The maximum absolute atomic E-state index is 11.4. The Morgan fingerprint density at radius 3 is 2.43 bits per heavy atom. The molecule has 0 amide bonds. The van der Waals surface area contributed by atoms with E-state index in [-0.39, 0.29) is 11.8 Å². The largest absolute Gasteiger partial charge is 0.301 e. The molecule has 0 radical (unpaired) electrons. The minimum absolute atomic E-state index is 0.161. The smallest absolute Gasteiger partial charge is 0.211 e. The number of nitrogens with one attached hydrogen (secondary N) is 1. The summed E-state index contributed by atoms with van der Waals surface area (Å²) in [5, 5.41) is 9.48. The van der Waals surface area contributed by atoms with Crippen LogP contribution >= 0.6 is 0 Å². The number of rotatable bonds is 7. The summed E-state index contributed by atoms with van der Waals surface area (Å²) in [5.74, 6) is 0.161. The van der Waals surface area contributed by atoms with Crippen molar-refractivity contribution in [2.75, 3.05) is 45.5 Å². The predicted octanol–water partition coefficient (Wildman–Crippen LogP) is 0.808. The van der Waals surface area contributed by atoms with E-state index >= 15 is 0 Å². The Morgan fingerprint density at radius 2 is 1.87 bits per heavy atom. The van der Waals surface area contributed by atoms with Crippen LogP contribution in [0.25, 0.3) is 0 Å². The van der Waals surface area contributed by atoms with Gasteiger partial charge >= 0.3 is 0 Å². The van der Waals surface area contributed by atoms with Crippen LogP contribution in [0.1, 0.15) is 18.0 Å². The Morgan fingerprint density at radius 1 is 1.22 bits per heavy atom. The second-order valence-corrected chi connectivity index (χ2v) is 7.74. The summed E-state index contributed by atoms with van der Waals surface area (Å²) >= 11 is 0. The van der Waals surface area contributed by atoms with Crippen molar-refractivity contribution < 1.29 is 8.42 Å². The maximum atomic E-state index is 11.4. The van der Waals surface area contributed by atoms with Gasteiger partial charge in [-0.05, 0) is 25.6 Å². The lowest BCUT2D eigenvalue weighted by molar-refractivity contribution is 0.114. The molecule has 0 aromatic heterocycles. The van der Waals surface area contributed by atoms with E-state index in [1.54, 1.807) is 0 Å². The van der Waals surface area contributed by atoms with Gasteiger partial charge in [0.2, 0.25) is 10.0 Å². The van der Waals surface area contributed by atoms with Crippen LogP contribution in [-0.2, 0) is 10.0 Å². The van der Waals surface area contributed by atoms with Gasteiger partial charge in [0.1, 0.15) is 6.04 Å². The van der Waals surface area contributed by atoms with Crippen LogP contribution in [0.15, 0.2) is 30.3 Å². The van der Waals surface area contributed by atoms with Crippen LogP contribution in [-0.4, -0.2) is 63.7 Å². The van der Waals surface area contributed by atoms with Crippen LogP contribution in [0, 0.1) is 11.3 Å². The Kier molecular flexibility index (Phi) is 6.54. The Balaban J connectivity index is 1.80. The molecule has 1 aliphatic rings. The first kappa shape index (κ1) is 17.9. The molecule has 0 unspecified atom stereocenters. The molecule has 0 spiro atoms. The second kappa shape index (κ2) is 8.41. The van der Waals surface area contributed by atoms with Crippen LogP contribution in [0.3, 0.4) is 0 Å². The SMILES string of the molecule is CNS(=O)(=O)CCCN1CCN([C@@H](C#N)c2ccccc2)CC1. The molecule has 0 bridgehead atoms. The van der Waals surface area contributed by atoms with Crippen molar-refractivity contribution in [3.63, 3.8) is 0 Å². The molecule has 1 aliphatic heterocycles. The highest BCUT2D eigenvalue weighted by Gasteiger charge is 2.24. The summed E-state index contributed by atoms with van der Waals surface area (Å²) in [5.41, 5.74) is 1.03. The van der Waals surface area contributed by atoms with Gasteiger partial charge in [0, 0.05) is 26.2 Å². The Labute approximate surface area is 138 Å². The number of hydrogen-bond acceptors (Lipinski definition) is 5. The molecule has 1 saturated heterocycles. The van der Waals surface area contributed by atoms with E-state index in [1.165, 1.54) is 7.05 Å². The van der Waals surface area contributed by atoms with Gasteiger partial charge in [-0.1, -0.05) is 30.3 Å². The zero-order chi connectivity index (χ0) is 16.7. The zero-order valence-electron chi connectivity index (χ0n) is 13.5. The molecule has 126 valence electrons. The lowest BCUT2D eigenvalue weighted by atomic mass is 10.1. The molecule has 0 aliphatic carbocycles. The lowest BCUT2D eigenvalue weighted by Gasteiger charge is -2.37. The highest BCUT2D eigenvalue weighted by molar-refractivity contribution is 7.89. The highest BCUT2D eigenvalue weighted by Crippen LogP contribution is 2.21. The number of sulfonamides is 1. The minimum Gasteiger partial charge on any atom is -0.301 e. The summed E-state index contributed by atoms with van der Waals surface area (Å²) in [7, 11) is -1.67. The van der Waals surface area contributed by atoms with Gasteiger partial charge in [0.05, 0.1) is 11.8 Å². The highest BCUT2D eigenvalue weighted by atomic mass is 32.2. The fourth-order valence-corrected chi connectivity index (χ4v) is 3.54. The molecule has 6 nitrogen and oxygen atoms in total. The minimum atomic E-state index is -3.11. The van der Waals surface area contributed by atoms with Crippen LogP contribution in [0.2, 0.25) is 0 Å². The molecule has 1 fully saturated rings. The van der Waals surface area contributed by atoms with E-state index in [0.29, 0.717) is 6.42 Å². The average Bonchev–Trinajstić information content (AvgIpc) is 2.58. The first-order valence-corrected chi connectivity index (χ1v) is 9.53. The van der Waals surface area contributed by atoms with Gasteiger partial charge in [-0.3, -0.25) is 4.90 Å². The number of nitrogens with zero attached hydrogens (tertiary/aromatic N) is 3. The average molecular weight is 336 g/mol. The van der Waals surface area contributed by atoms with Gasteiger partial charge in [-0.15, -0.1) is 0 Å². The molecule has 1 N–H and O–H groups in total. The topological polar surface area (TPSA) is 76.4 Å². The monoisotopic (exact) mass is 336 g/mol. The van der Waals surface area contributed by atoms with Crippen molar-refractivity contribution in [1.29, 1.82) is 5.26 Å². The van der Waals surface area contributed by atoms with Crippen LogP contribution in [0.5, 0.6) is 0 Å². The number of piperazine rings is 1. The summed E-state index contributed by atoms with van der Waals surface area (Å²) in [6.45, 7) is 4.16. The standard InChI is InChI=1S/C16H24N4O2S/c1-18-23(21,22)13-5-8-19-9-11-20(12-10-19)16(14-17)15-6-3-2-4-7-15/h2-4,6-7,16,18H,5,8-13H2,1H3/t16-/m0/s1. The number of benzene rings is 1. The molecule has 1 heterocycles. The fourth-order valence-electron chi connectivity index (χ4n) is 2.83. The van der Waals surface area contributed by atoms with Gasteiger partial charge in [0.25, 0.3) is 0 Å². The van der Waals surface area contributed by atoms with Gasteiger partial charge in [0.15, 0.2) is 0 Å². The second-order valence-electron chi connectivity index (χ2n) is 5.70. The molecule has 1 aromatic carbocycles. The molecular weight excluding hydrogens is 312 g/mol. The molecule has 2 rings (SSSR count). The third-order valence-corrected chi connectivity index (χ3v) is 5.66.